The largest absolute Gasteiger partial charge is 0.484 e. The van der Waals surface area contributed by atoms with Gasteiger partial charge in [0.2, 0.25) is 5.95 Å². The Morgan fingerprint density at radius 3 is 2.61 bits per heavy atom. The van der Waals surface area contributed by atoms with Crippen LogP contribution in [0.25, 0.3) is 11.0 Å². The summed E-state index contributed by atoms with van der Waals surface area (Å²) in [6.07, 6.45) is 1.63. The first-order chi connectivity index (χ1) is 17.4. The number of carbonyl (C=O) groups excluding carboxylic acids is 2. The molecule has 1 aliphatic heterocycles. The number of piperidine rings is 1. The summed E-state index contributed by atoms with van der Waals surface area (Å²) in [5.74, 6) is 1.16. The summed E-state index contributed by atoms with van der Waals surface area (Å²) >= 11 is 1.50. The van der Waals surface area contributed by atoms with Crippen LogP contribution in [0.15, 0.2) is 47.8 Å². The average Bonchev–Trinajstić information content (AvgIpc) is 3.50. The lowest BCUT2D eigenvalue weighted by molar-refractivity contribution is -0.134. The minimum atomic E-state index is -0.271. The van der Waals surface area contributed by atoms with E-state index < -0.39 is 0 Å². The Balaban J connectivity index is 1.14. The summed E-state index contributed by atoms with van der Waals surface area (Å²) in [7, 11) is 1.87. The number of thiazole rings is 1. The molecule has 4 aromatic rings. The van der Waals surface area contributed by atoms with Crippen molar-refractivity contribution in [2.45, 2.75) is 32.6 Å². The number of aryl methyl sites for hydroxylation is 3. The second-order valence-corrected chi connectivity index (χ2v) is 10.1. The van der Waals surface area contributed by atoms with Crippen LogP contribution in [0, 0.1) is 13.8 Å². The van der Waals surface area contributed by atoms with Gasteiger partial charge in [0.05, 0.1) is 16.0 Å². The van der Waals surface area contributed by atoms with Crippen molar-refractivity contribution in [2.24, 2.45) is 7.05 Å². The fourth-order valence-electron chi connectivity index (χ4n) is 4.42. The van der Waals surface area contributed by atoms with E-state index in [0.29, 0.717) is 30.5 Å². The highest BCUT2D eigenvalue weighted by Gasteiger charge is 2.27. The molecule has 0 aliphatic carbocycles. The lowest BCUT2D eigenvalue weighted by atomic mass is 9.97. The number of rotatable bonds is 6. The Labute approximate surface area is 213 Å². The third kappa shape index (κ3) is 4.97. The van der Waals surface area contributed by atoms with Crippen LogP contribution in [-0.4, -0.2) is 50.9 Å². The first-order valence-electron chi connectivity index (χ1n) is 12.0. The van der Waals surface area contributed by atoms with E-state index in [1.807, 2.05) is 65.9 Å². The van der Waals surface area contributed by atoms with Crippen molar-refractivity contribution in [3.63, 3.8) is 0 Å². The van der Waals surface area contributed by atoms with E-state index in [1.165, 1.54) is 16.9 Å². The first-order valence-corrected chi connectivity index (χ1v) is 12.9. The van der Waals surface area contributed by atoms with Gasteiger partial charge in [0.15, 0.2) is 6.61 Å². The van der Waals surface area contributed by atoms with Crippen LogP contribution in [0.2, 0.25) is 0 Å². The SMILES string of the molecule is Cc1ccc(OCC(=O)N2CCC(c3nc(C(=O)Nc4nc5ccccc5n4C)cs3)CC2)cc1C. The van der Waals surface area contributed by atoms with E-state index in [-0.39, 0.29) is 24.3 Å². The second kappa shape index (κ2) is 10.1. The molecule has 2 aromatic heterocycles. The summed E-state index contributed by atoms with van der Waals surface area (Å²) in [5, 5.41) is 5.61. The van der Waals surface area contributed by atoms with Crippen LogP contribution in [0.5, 0.6) is 5.75 Å². The summed E-state index contributed by atoms with van der Waals surface area (Å²) < 4.78 is 7.58. The normalized spacial score (nSPS) is 14.2. The lowest BCUT2D eigenvalue weighted by Gasteiger charge is -2.31. The number of imidazole rings is 1. The van der Waals surface area contributed by atoms with Crippen LogP contribution in [0.1, 0.15) is 45.4 Å². The van der Waals surface area contributed by atoms with Gasteiger partial charge in [-0.3, -0.25) is 14.9 Å². The molecule has 3 heterocycles. The molecule has 5 rings (SSSR count). The molecule has 0 unspecified atom stereocenters. The number of hydrogen-bond acceptors (Lipinski definition) is 6. The van der Waals surface area contributed by atoms with Gasteiger partial charge in [-0.15, -0.1) is 11.3 Å². The van der Waals surface area contributed by atoms with Crippen molar-refractivity contribution >= 4 is 40.1 Å². The maximum atomic E-state index is 12.8. The van der Waals surface area contributed by atoms with Gasteiger partial charge in [-0.2, -0.15) is 0 Å². The minimum Gasteiger partial charge on any atom is -0.484 e. The van der Waals surface area contributed by atoms with Gasteiger partial charge >= 0.3 is 0 Å². The predicted molar refractivity (Wildman–Crippen MR) is 141 cm³/mol. The molecule has 0 radical (unpaired) electrons. The maximum Gasteiger partial charge on any atom is 0.277 e. The van der Waals surface area contributed by atoms with Gasteiger partial charge in [-0.1, -0.05) is 18.2 Å². The molecule has 0 saturated carbocycles. The Morgan fingerprint density at radius 2 is 1.86 bits per heavy atom. The zero-order valence-electron chi connectivity index (χ0n) is 20.7. The third-order valence-electron chi connectivity index (χ3n) is 6.80. The highest BCUT2D eigenvalue weighted by atomic mass is 32.1. The van der Waals surface area contributed by atoms with Crippen LogP contribution in [0.4, 0.5) is 5.95 Å². The Kier molecular flexibility index (Phi) is 6.73. The first kappa shape index (κ1) is 24.0. The molecule has 0 spiro atoms. The molecule has 9 heteroatoms. The fourth-order valence-corrected chi connectivity index (χ4v) is 5.39. The molecule has 36 heavy (non-hydrogen) atoms. The Morgan fingerprint density at radius 1 is 1.08 bits per heavy atom. The van der Waals surface area contributed by atoms with Crippen molar-refractivity contribution in [3.05, 3.63) is 69.7 Å². The molecule has 1 N–H and O–H groups in total. The number of likely N-dealkylation sites (tertiary alicyclic amines) is 1. The van der Waals surface area contributed by atoms with Gasteiger partial charge in [0.1, 0.15) is 11.4 Å². The van der Waals surface area contributed by atoms with Crippen LogP contribution < -0.4 is 10.1 Å². The zero-order valence-corrected chi connectivity index (χ0v) is 21.5. The second-order valence-electron chi connectivity index (χ2n) is 9.20. The quantitative estimate of drug-likeness (QED) is 0.413. The van der Waals surface area contributed by atoms with Crippen molar-refractivity contribution in [2.75, 3.05) is 25.0 Å². The summed E-state index contributed by atoms with van der Waals surface area (Å²) in [4.78, 5) is 36.4. The van der Waals surface area contributed by atoms with Crippen LogP contribution >= 0.6 is 11.3 Å². The summed E-state index contributed by atoms with van der Waals surface area (Å²) in [5.41, 5.74) is 4.51. The Bertz CT molecular complexity index is 1420. The minimum absolute atomic E-state index is 0.00617. The molecule has 8 nitrogen and oxygen atoms in total. The number of nitrogens with one attached hydrogen (secondary N) is 1. The molecule has 1 saturated heterocycles. The van der Waals surface area contributed by atoms with E-state index in [4.69, 9.17) is 4.74 Å². The van der Waals surface area contributed by atoms with Crippen molar-refractivity contribution in [1.29, 1.82) is 0 Å². The number of anilines is 1. The maximum absolute atomic E-state index is 12.8. The molecule has 2 amide bonds. The number of amides is 2. The van der Waals surface area contributed by atoms with Gasteiger partial charge in [0.25, 0.3) is 11.8 Å². The van der Waals surface area contributed by atoms with E-state index >= 15 is 0 Å². The van der Waals surface area contributed by atoms with E-state index in [0.717, 1.165) is 34.4 Å². The van der Waals surface area contributed by atoms with Gasteiger partial charge in [-0.05, 0) is 62.1 Å². The Hall–Kier alpha value is -3.72. The summed E-state index contributed by atoms with van der Waals surface area (Å²) in [6, 6.07) is 13.6. The number of nitrogens with zero attached hydrogens (tertiary/aromatic N) is 4. The number of carbonyl (C=O) groups is 2. The van der Waals surface area contributed by atoms with Gasteiger partial charge in [0, 0.05) is 31.4 Å². The molecule has 2 aromatic carbocycles. The van der Waals surface area contributed by atoms with Crippen LogP contribution in [0.3, 0.4) is 0 Å². The standard InChI is InChI=1S/C27H29N5O3S/c1-17-8-9-20(14-18(17)2)35-15-24(33)32-12-10-19(11-13-32)26-28-22(16-36-26)25(34)30-27-29-21-6-4-5-7-23(21)31(27)3/h4-9,14,16,19H,10-13,15H2,1-3H3,(H,29,30,34). The highest BCUT2D eigenvalue weighted by molar-refractivity contribution is 7.10. The van der Waals surface area contributed by atoms with Crippen LogP contribution in [-0.2, 0) is 11.8 Å². The van der Waals surface area contributed by atoms with Crippen molar-refractivity contribution in [1.82, 2.24) is 19.4 Å². The molecule has 1 fully saturated rings. The van der Waals surface area contributed by atoms with E-state index in [2.05, 4.69) is 22.2 Å². The third-order valence-corrected chi connectivity index (χ3v) is 7.81. The molecule has 1 aliphatic rings. The predicted octanol–water partition coefficient (Wildman–Crippen LogP) is 4.68. The molecular formula is C27H29N5O3S. The molecule has 0 bridgehead atoms. The monoisotopic (exact) mass is 503 g/mol. The smallest absolute Gasteiger partial charge is 0.277 e. The van der Waals surface area contributed by atoms with Crippen molar-refractivity contribution in [3.8, 4) is 5.75 Å². The number of aromatic nitrogens is 3. The fraction of sp³-hybridized carbons (Fsp3) is 0.333. The number of benzene rings is 2. The average molecular weight is 504 g/mol. The highest BCUT2D eigenvalue weighted by Crippen LogP contribution is 2.31. The van der Waals surface area contributed by atoms with Gasteiger partial charge < -0.3 is 14.2 Å². The van der Waals surface area contributed by atoms with E-state index in [1.54, 1.807) is 5.38 Å². The van der Waals surface area contributed by atoms with E-state index in [9.17, 15) is 9.59 Å². The zero-order chi connectivity index (χ0) is 25.2. The number of para-hydroxylation sites is 2. The lowest BCUT2D eigenvalue weighted by Crippen LogP contribution is -2.40. The molecule has 0 atom stereocenters. The number of hydrogen-bond donors (Lipinski definition) is 1. The summed E-state index contributed by atoms with van der Waals surface area (Å²) in [6.45, 7) is 5.43. The number of fused-ring (bicyclic) bond motifs is 1. The molecular weight excluding hydrogens is 474 g/mol. The van der Waals surface area contributed by atoms with Crippen molar-refractivity contribution < 1.29 is 14.3 Å². The molecule has 186 valence electrons. The topological polar surface area (TPSA) is 89.3 Å². The number of ether oxygens (including phenoxy) is 1. The van der Waals surface area contributed by atoms with Gasteiger partial charge in [-0.25, -0.2) is 9.97 Å².